The molecule has 2 N–H and O–H groups in total. The number of rotatable bonds is 4. The Morgan fingerprint density at radius 3 is 2.76 bits per heavy atom. The molecule has 17 heavy (non-hydrogen) atoms. The number of carboxylic acid groups (broad SMARTS) is 1. The van der Waals surface area contributed by atoms with Gasteiger partial charge in [-0.15, -0.1) is 0 Å². The van der Waals surface area contributed by atoms with E-state index in [0.29, 0.717) is 17.3 Å². The molecular weight excluding hydrogens is 288 g/mol. The number of pyridine rings is 1. The summed E-state index contributed by atoms with van der Waals surface area (Å²) in [6.07, 6.45) is 2.75. The highest BCUT2D eigenvalue weighted by Gasteiger charge is 2.50. The first-order chi connectivity index (χ1) is 8.05. The molecule has 6 heteroatoms. The number of hydrogen-bond acceptors (Lipinski definition) is 3. The molecule has 0 spiro atoms. The van der Waals surface area contributed by atoms with Gasteiger partial charge in [-0.3, -0.25) is 9.59 Å². The number of amides is 1. The molecule has 90 valence electrons. The van der Waals surface area contributed by atoms with Crippen LogP contribution in [0.2, 0.25) is 0 Å². The summed E-state index contributed by atoms with van der Waals surface area (Å²) in [4.78, 5) is 26.6. The van der Waals surface area contributed by atoms with Gasteiger partial charge >= 0.3 is 5.97 Å². The number of carbonyl (C=O) groups excluding carboxylic acids is 1. The molecule has 2 rings (SSSR count). The van der Waals surface area contributed by atoms with E-state index in [2.05, 4.69) is 26.2 Å². The number of aromatic nitrogens is 1. The fraction of sp³-hybridized carbons (Fsp3) is 0.364. The van der Waals surface area contributed by atoms with Crippen LogP contribution in [0.3, 0.4) is 0 Å². The molecular formula is C11H11BrN2O3. The molecule has 1 aliphatic carbocycles. The molecule has 0 bridgehead atoms. The summed E-state index contributed by atoms with van der Waals surface area (Å²) in [5.74, 6) is -1.21. The lowest BCUT2D eigenvalue weighted by molar-refractivity contribution is -0.143. The van der Waals surface area contributed by atoms with Gasteiger partial charge in [-0.25, -0.2) is 4.98 Å². The predicted octanol–water partition coefficient (Wildman–Crippen LogP) is 1.44. The average molecular weight is 299 g/mol. The Morgan fingerprint density at radius 2 is 2.24 bits per heavy atom. The summed E-state index contributed by atoms with van der Waals surface area (Å²) in [6.45, 7) is 0.157. The van der Waals surface area contributed by atoms with Crippen molar-refractivity contribution in [3.05, 3.63) is 28.5 Å². The van der Waals surface area contributed by atoms with Gasteiger partial charge in [-0.1, -0.05) is 0 Å². The van der Waals surface area contributed by atoms with Gasteiger partial charge in [0.05, 0.1) is 5.41 Å². The normalized spacial score (nSPS) is 16.3. The van der Waals surface area contributed by atoms with Crippen molar-refractivity contribution >= 4 is 27.8 Å². The minimum atomic E-state index is -0.849. The molecule has 0 unspecified atom stereocenters. The summed E-state index contributed by atoms with van der Waals surface area (Å²) >= 11 is 3.22. The Kier molecular flexibility index (Phi) is 3.15. The smallest absolute Gasteiger partial charge is 0.311 e. The van der Waals surface area contributed by atoms with Crippen LogP contribution in [0.5, 0.6) is 0 Å². The molecule has 0 atom stereocenters. The molecule has 1 amide bonds. The first-order valence-corrected chi connectivity index (χ1v) is 5.97. The van der Waals surface area contributed by atoms with Gasteiger partial charge < -0.3 is 10.4 Å². The van der Waals surface area contributed by atoms with Crippen molar-refractivity contribution in [2.24, 2.45) is 5.41 Å². The lowest BCUT2D eigenvalue weighted by Gasteiger charge is -2.11. The average Bonchev–Trinajstić information content (AvgIpc) is 3.07. The lowest BCUT2D eigenvalue weighted by Crippen LogP contribution is -2.34. The summed E-state index contributed by atoms with van der Waals surface area (Å²) in [7, 11) is 0. The van der Waals surface area contributed by atoms with Crippen molar-refractivity contribution in [2.75, 3.05) is 6.54 Å². The second-order valence-corrected chi connectivity index (χ2v) is 4.96. The van der Waals surface area contributed by atoms with E-state index in [0.717, 1.165) is 0 Å². The van der Waals surface area contributed by atoms with Crippen LogP contribution in [-0.4, -0.2) is 28.5 Å². The molecule has 0 saturated heterocycles. The van der Waals surface area contributed by atoms with Crippen molar-refractivity contribution in [1.29, 1.82) is 0 Å². The van der Waals surface area contributed by atoms with Crippen LogP contribution in [-0.2, 0) is 4.79 Å². The minimum absolute atomic E-state index is 0.157. The van der Waals surface area contributed by atoms with E-state index >= 15 is 0 Å². The topological polar surface area (TPSA) is 79.3 Å². The zero-order valence-corrected chi connectivity index (χ0v) is 10.5. The standard InChI is InChI=1S/C11H11BrN2O3/c12-7-2-1-5-13-8(7)9(15)14-6-11(3-4-11)10(16)17/h1-2,5H,3-4,6H2,(H,14,15)(H,16,17). The Hall–Kier alpha value is -1.43. The molecule has 1 aromatic rings. The summed E-state index contributed by atoms with van der Waals surface area (Å²) in [5, 5.41) is 11.6. The van der Waals surface area contributed by atoms with E-state index < -0.39 is 11.4 Å². The van der Waals surface area contributed by atoms with Crippen molar-refractivity contribution in [2.45, 2.75) is 12.8 Å². The van der Waals surface area contributed by atoms with Crippen LogP contribution in [0.4, 0.5) is 0 Å². The van der Waals surface area contributed by atoms with Crippen molar-refractivity contribution < 1.29 is 14.7 Å². The Labute approximate surface area is 106 Å². The van der Waals surface area contributed by atoms with E-state index in [1.165, 1.54) is 6.20 Å². The third-order valence-corrected chi connectivity index (χ3v) is 3.51. The molecule has 1 aliphatic rings. The molecule has 5 nitrogen and oxygen atoms in total. The fourth-order valence-corrected chi connectivity index (χ4v) is 1.94. The molecule has 0 aliphatic heterocycles. The molecule has 1 fully saturated rings. The van der Waals surface area contributed by atoms with Gasteiger partial charge in [-0.05, 0) is 40.9 Å². The van der Waals surface area contributed by atoms with Crippen LogP contribution in [0.1, 0.15) is 23.3 Å². The van der Waals surface area contributed by atoms with Crippen molar-refractivity contribution in [1.82, 2.24) is 10.3 Å². The zero-order chi connectivity index (χ0) is 12.5. The van der Waals surface area contributed by atoms with Gasteiger partial charge in [-0.2, -0.15) is 0 Å². The summed E-state index contributed by atoms with van der Waals surface area (Å²) in [6, 6.07) is 3.42. The largest absolute Gasteiger partial charge is 0.481 e. The highest BCUT2D eigenvalue weighted by molar-refractivity contribution is 9.10. The van der Waals surface area contributed by atoms with Gasteiger partial charge in [0, 0.05) is 17.2 Å². The number of carbonyl (C=O) groups is 2. The first kappa shape index (κ1) is 12.0. The number of nitrogens with zero attached hydrogens (tertiary/aromatic N) is 1. The van der Waals surface area contributed by atoms with Gasteiger partial charge in [0.2, 0.25) is 0 Å². The first-order valence-electron chi connectivity index (χ1n) is 5.17. The minimum Gasteiger partial charge on any atom is -0.481 e. The van der Waals surface area contributed by atoms with Crippen LogP contribution >= 0.6 is 15.9 Å². The van der Waals surface area contributed by atoms with Gasteiger partial charge in [0.1, 0.15) is 5.69 Å². The summed E-state index contributed by atoms with van der Waals surface area (Å²) < 4.78 is 0.595. The number of nitrogens with one attached hydrogen (secondary N) is 1. The van der Waals surface area contributed by atoms with Crippen LogP contribution in [0.25, 0.3) is 0 Å². The quantitative estimate of drug-likeness (QED) is 0.881. The Balaban J connectivity index is 1.99. The molecule has 1 saturated carbocycles. The van der Waals surface area contributed by atoms with Gasteiger partial charge in [0.25, 0.3) is 5.91 Å². The molecule has 0 radical (unpaired) electrons. The van der Waals surface area contributed by atoms with Crippen LogP contribution in [0.15, 0.2) is 22.8 Å². The third-order valence-electron chi connectivity index (χ3n) is 2.87. The molecule has 0 aromatic carbocycles. The number of halogens is 1. The highest BCUT2D eigenvalue weighted by Crippen LogP contribution is 2.45. The number of hydrogen-bond donors (Lipinski definition) is 2. The Bertz CT molecular complexity index is 472. The summed E-state index contributed by atoms with van der Waals surface area (Å²) in [5.41, 5.74) is -0.481. The van der Waals surface area contributed by atoms with Crippen LogP contribution in [0, 0.1) is 5.41 Å². The zero-order valence-electron chi connectivity index (χ0n) is 8.94. The van der Waals surface area contributed by atoms with Crippen molar-refractivity contribution in [3.63, 3.8) is 0 Å². The van der Waals surface area contributed by atoms with E-state index in [1.807, 2.05) is 0 Å². The monoisotopic (exact) mass is 298 g/mol. The predicted molar refractivity (Wildman–Crippen MR) is 63.6 cm³/mol. The third kappa shape index (κ3) is 2.46. The highest BCUT2D eigenvalue weighted by atomic mass is 79.9. The van der Waals surface area contributed by atoms with Crippen LogP contribution < -0.4 is 5.32 Å². The van der Waals surface area contributed by atoms with E-state index in [9.17, 15) is 9.59 Å². The van der Waals surface area contributed by atoms with Gasteiger partial charge in [0.15, 0.2) is 0 Å². The number of aliphatic carboxylic acids is 1. The fourth-order valence-electron chi connectivity index (χ4n) is 1.50. The Morgan fingerprint density at radius 1 is 1.53 bits per heavy atom. The maximum Gasteiger partial charge on any atom is 0.311 e. The molecule has 1 aromatic heterocycles. The van der Waals surface area contributed by atoms with E-state index in [4.69, 9.17) is 5.11 Å². The SMILES string of the molecule is O=C(NCC1(C(=O)O)CC1)c1ncccc1Br. The second kappa shape index (κ2) is 4.44. The van der Waals surface area contributed by atoms with E-state index in [-0.39, 0.29) is 18.1 Å². The maximum absolute atomic E-state index is 11.8. The number of carboxylic acids is 1. The van der Waals surface area contributed by atoms with Crippen molar-refractivity contribution in [3.8, 4) is 0 Å². The lowest BCUT2D eigenvalue weighted by atomic mass is 10.1. The second-order valence-electron chi connectivity index (χ2n) is 4.10. The maximum atomic E-state index is 11.8. The van der Waals surface area contributed by atoms with E-state index in [1.54, 1.807) is 12.1 Å². The molecule has 1 heterocycles.